The van der Waals surface area contributed by atoms with Crippen LogP contribution in [-0.2, 0) is 0 Å². The predicted octanol–water partition coefficient (Wildman–Crippen LogP) is 1.13. The first-order valence-corrected chi connectivity index (χ1v) is 5.17. The van der Waals surface area contributed by atoms with E-state index in [1.807, 2.05) is 0 Å². The molecule has 0 aromatic carbocycles. The molecule has 2 aliphatic carbocycles. The minimum absolute atomic E-state index is 0.241. The van der Waals surface area contributed by atoms with E-state index in [4.69, 9.17) is 5.73 Å². The highest BCUT2D eigenvalue weighted by molar-refractivity contribution is 4.90. The van der Waals surface area contributed by atoms with Gasteiger partial charge in [0.25, 0.3) is 0 Å². The van der Waals surface area contributed by atoms with Crippen LogP contribution in [-0.4, -0.2) is 17.8 Å². The van der Waals surface area contributed by atoms with Crippen LogP contribution in [0.3, 0.4) is 0 Å². The lowest BCUT2D eigenvalue weighted by Gasteiger charge is -2.23. The average Bonchev–Trinajstić information content (AvgIpc) is 2.64. The van der Waals surface area contributed by atoms with E-state index in [2.05, 4.69) is 0 Å². The van der Waals surface area contributed by atoms with Crippen LogP contribution in [0.2, 0.25) is 0 Å². The Bertz CT molecular complexity index is 160. The summed E-state index contributed by atoms with van der Waals surface area (Å²) in [6, 6.07) is 0. The summed E-state index contributed by atoms with van der Waals surface area (Å²) in [7, 11) is 0. The zero-order chi connectivity index (χ0) is 8.55. The third kappa shape index (κ3) is 1.50. The number of rotatable bonds is 3. The average molecular weight is 169 g/mol. The molecule has 0 aromatic heterocycles. The third-order valence-electron chi connectivity index (χ3n) is 3.73. The molecule has 2 aliphatic rings. The highest BCUT2D eigenvalue weighted by Gasteiger charge is 2.39. The maximum Gasteiger partial charge on any atom is 0.0665 e. The van der Waals surface area contributed by atoms with Crippen molar-refractivity contribution >= 4 is 0 Å². The first-order chi connectivity index (χ1) is 5.79. The molecule has 2 nitrogen and oxygen atoms in total. The standard InChI is InChI=1S/C10H19NO/c11-6-10(12)5-9-4-7-1-2-8(9)3-7/h7-10,12H,1-6,11H2. The van der Waals surface area contributed by atoms with Crippen molar-refractivity contribution in [2.45, 2.75) is 38.2 Å². The van der Waals surface area contributed by atoms with Crippen LogP contribution in [0.5, 0.6) is 0 Å². The van der Waals surface area contributed by atoms with Gasteiger partial charge in [-0.3, -0.25) is 0 Å². The van der Waals surface area contributed by atoms with Gasteiger partial charge in [0.15, 0.2) is 0 Å². The van der Waals surface area contributed by atoms with Crippen LogP contribution < -0.4 is 5.73 Å². The lowest BCUT2D eigenvalue weighted by atomic mass is 9.85. The first-order valence-electron chi connectivity index (χ1n) is 5.17. The molecule has 2 bridgehead atoms. The van der Waals surface area contributed by atoms with E-state index in [0.717, 1.165) is 24.2 Å². The van der Waals surface area contributed by atoms with Gasteiger partial charge in [-0.2, -0.15) is 0 Å². The molecule has 2 saturated carbocycles. The van der Waals surface area contributed by atoms with E-state index in [-0.39, 0.29) is 6.10 Å². The quantitative estimate of drug-likeness (QED) is 0.665. The Labute approximate surface area is 74.1 Å². The molecule has 4 atom stereocenters. The Kier molecular flexibility index (Phi) is 2.37. The normalized spacial score (nSPS) is 42.0. The Balaban J connectivity index is 1.82. The van der Waals surface area contributed by atoms with Gasteiger partial charge in [-0.05, 0) is 43.4 Å². The first kappa shape index (κ1) is 8.52. The van der Waals surface area contributed by atoms with Gasteiger partial charge in [-0.25, -0.2) is 0 Å². The molecule has 0 spiro atoms. The number of fused-ring (bicyclic) bond motifs is 2. The summed E-state index contributed by atoms with van der Waals surface area (Å²) in [5.41, 5.74) is 5.40. The van der Waals surface area contributed by atoms with Crippen molar-refractivity contribution in [2.75, 3.05) is 6.54 Å². The minimum atomic E-state index is -0.241. The van der Waals surface area contributed by atoms with Crippen molar-refractivity contribution in [1.82, 2.24) is 0 Å². The van der Waals surface area contributed by atoms with Crippen LogP contribution in [0.15, 0.2) is 0 Å². The van der Waals surface area contributed by atoms with Crippen LogP contribution in [0.1, 0.15) is 32.1 Å². The second-order valence-corrected chi connectivity index (χ2v) is 4.56. The second-order valence-electron chi connectivity index (χ2n) is 4.56. The van der Waals surface area contributed by atoms with Gasteiger partial charge in [0.05, 0.1) is 6.10 Å². The van der Waals surface area contributed by atoms with Crippen molar-refractivity contribution in [3.8, 4) is 0 Å². The maximum atomic E-state index is 9.42. The van der Waals surface area contributed by atoms with E-state index >= 15 is 0 Å². The Morgan fingerprint density at radius 2 is 2.17 bits per heavy atom. The highest BCUT2D eigenvalue weighted by atomic mass is 16.3. The zero-order valence-corrected chi connectivity index (χ0v) is 7.58. The molecule has 0 saturated heterocycles. The number of nitrogens with two attached hydrogens (primary N) is 1. The molecule has 12 heavy (non-hydrogen) atoms. The fraction of sp³-hybridized carbons (Fsp3) is 1.00. The third-order valence-corrected chi connectivity index (χ3v) is 3.73. The zero-order valence-electron chi connectivity index (χ0n) is 7.58. The molecule has 0 radical (unpaired) electrons. The molecule has 2 heteroatoms. The molecule has 3 N–H and O–H groups in total. The van der Waals surface area contributed by atoms with Gasteiger partial charge < -0.3 is 10.8 Å². The molecule has 2 rings (SSSR count). The smallest absolute Gasteiger partial charge is 0.0665 e. The molecule has 0 amide bonds. The van der Waals surface area contributed by atoms with Crippen LogP contribution in [0.4, 0.5) is 0 Å². The van der Waals surface area contributed by atoms with Crippen molar-refractivity contribution in [1.29, 1.82) is 0 Å². The SMILES string of the molecule is NCC(O)CC1CC2CCC1C2. The van der Waals surface area contributed by atoms with Crippen molar-refractivity contribution in [3.63, 3.8) is 0 Å². The van der Waals surface area contributed by atoms with E-state index in [1.165, 1.54) is 25.7 Å². The van der Waals surface area contributed by atoms with Crippen LogP contribution in [0.25, 0.3) is 0 Å². The van der Waals surface area contributed by atoms with Crippen molar-refractivity contribution in [3.05, 3.63) is 0 Å². The Morgan fingerprint density at radius 1 is 1.33 bits per heavy atom. The van der Waals surface area contributed by atoms with Crippen LogP contribution >= 0.6 is 0 Å². The molecular formula is C10H19NO. The van der Waals surface area contributed by atoms with Crippen molar-refractivity contribution < 1.29 is 5.11 Å². The summed E-state index contributed by atoms with van der Waals surface area (Å²) in [6.07, 6.45) is 6.36. The minimum Gasteiger partial charge on any atom is -0.392 e. The maximum absolute atomic E-state index is 9.42. The summed E-state index contributed by atoms with van der Waals surface area (Å²) in [5.74, 6) is 2.71. The summed E-state index contributed by atoms with van der Waals surface area (Å²) in [5, 5.41) is 9.42. The monoisotopic (exact) mass is 169 g/mol. The van der Waals surface area contributed by atoms with Gasteiger partial charge in [0, 0.05) is 6.54 Å². The molecule has 0 heterocycles. The van der Waals surface area contributed by atoms with E-state index in [0.29, 0.717) is 6.54 Å². The number of hydrogen-bond donors (Lipinski definition) is 2. The highest BCUT2D eigenvalue weighted by Crippen LogP contribution is 2.49. The summed E-state index contributed by atoms with van der Waals surface area (Å²) < 4.78 is 0. The molecule has 0 aliphatic heterocycles. The topological polar surface area (TPSA) is 46.2 Å². The number of hydrogen-bond acceptors (Lipinski definition) is 2. The van der Waals surface area contributed by atoms with E-state index in [9.17, 15) is 5.11 Å². The predicted molar refractivity (Wildman–Crippen MR) is 48.6 cm³/mol. The molecule has 70 valence electrons. The van der Waals surface area contributed by atoms with Crippen LogP contribution in [0, 0.1) is 17.8 Å². The van der Waals surface area contributed by atoms with Gasteiger partial charge >= 0.3 is 0 Å². The fourth-order valence-corrected chi connectivity index (χ4v) is 3.11. The van der Waals surface area contributed by atoms with Gasteiger partial charge in [-0.1, -0.05) is 6.42 Å². The summed E-state index contributed by atoms with van der Waals surface area (Å²) in [4.78, 5) is 0. The molecule has 0 aromatic rings. The molecule has 2 fully saturated rings. The molecular weight excluding hydrogens is 150 g/mol. The lowest BCUT2D eigenvalue weighted by molar-refractivity contribution is 0.131. The number of aliphatic hydroxyl groups excluding tert-OH is 1. The van der Waals surface area contributed by atoms with E-state index in [1.54, 1.807) is 0 Å². The molecule has 4 unspecified atom stereocenters. The van der Waals surface area contributed by atoms with Gasteiger partial charge in [-0.15, -0.1) is 0 Å². The summed E-state index contributed by atoms with van der Waals surface area (Å²) in [6.45, 7) is 0.438. The Morgan fingerprint density at radius 3 is 2.67 bits per heavy atom. The second kappa shape index (κ2) is 3.35. The van der Waals surface area contributed by atoms with Crippen molar-refractivity contribution in [2.24, 2.45) is 23.5 Å². The largest absolute Gasteiger partial charge is 0.392 e. The fourth-order valence-electron chi connectivity index (χ4n) is 3.11. The summed E-state index contributed by atoms with van der Waals surface area (Å²) >= 11 is 0. The lowest BCUT2D eigenvalue weighted by Crippen LogP contribution is -2.25. The van der Waals surface area contributed by atoms with Gasteiger partial charge in [0.2, 0.25) is 0 Å². The Hall–Kier alpha value is -0.0800. The number of aliphatic hydroxyl groups is 1. The van der Waals surface area contributed by atoms with E-state index < -0.39 is 0 Å². The van der Waals surface area contributed by atoms with Gasteiger partial charge in [0.1, 0.15) is 0 Å².